The van der Waals surface area contributed by atoms with Crippen molar-refractivity contribution < 1.29 is 19.9 Å². The lowest BCUT2D eigenvalue weighted by Crippen LogP contribution is -2.38. The van der Waals surface area contributed by atoms with Crippen molar-refractivity contribution in [2.75, 3.05) is 12.4 Å². The lowest BCUT2D eigenvalue weighted by atomic mass is 10.4. The first-order valence-corrected chi connectivity index (χ1v) is 6.03. The maximum absolute atomic E-state index is 11.3. The van der Waals surface area contributed by atoms with Crippen LogP contribution in [0.1, 0.15) is 0 Å². The molecule has 104 valence electrons. The third-order valence-electron chi connectivity index (χ3n) is 2.07. The van der Waals surface area contributed by atoms with E-state index in [0.29, 0.717) is 0 Å². The molecular weight excluding hydrogens is 278 g/mol. The normalized spacial score (nSPS) is 11.8. The fraction of sp³-hybridized carbons (Fsp3) is 0.333. The summed E-state index contributed by atoms with van der Waals surface area (Å²) in [5, 5.41) is 30.3. The number of amides is 1. The van der Waals surface area contributed by atoms with E-state index in [4.69, 9.17) is 10.2 Å². The average molecular weight is 289 g/mol. The van der Waals surface area contributed by atoms with Crippen molar-refractivity contribution in [2.24, 2.45) is 0 Å². The van der Waals surface area contributed by atoms with E-state index in [1.807, 2.05) is 0 Å². The number of pyridine rings is 1. The van der Waals surface area contributed by atoms with Gasteiger partial charge in [-0.1, -0.05) is 0 Å². The summed E-state index contributed by atoms with van der Waals surface area (Å²) in [6.45, 7) is -0.448. The molecule has 0 bridgehead atoms. The van der Waals surface area contributed by atoms with Gasteiger partial charge >= 0.3 is 17.3 Å². The topological polar surface area (TPSA) is 146 Å². The summed E-state index contributed by atoms with van der Waals surface area (Å²) in [7, 11) is 0. The number of aromatic nitrogens is 1. The number of aliphatic hydroxyl groups is 1. The van der Waals surface area contributed by atoms with E-state index in [1.54, 1.807) is 0 Å². The Morgan fingerprint density at radius 1 is 1.63 bits per heavy atom. The van der Waals surface area contributed by atoms with Gasteiger partial charge in [-0.15, -0.1) is 11.8 Å². The predicted molar refractivity (Wildman–Crippen MR) is 66.5 cm³/mol. The molecule has 1 heterocycles. The van der Waals surface area contributed by atoms with Gasteiger partial charge < -0.3 is 20.5 Å². The summed E-state index contributed by atoms with van der Waals surface area (Å²) in [5.74, 6) is 0.0626. The Bertz CT molecular complexity index is 531. The van der Waals surface area contributed by atoms with Crippen LogP contribution in [0.5, 0.6) is 0 Å². The van der Waals surface area contributed by atoms with Crippen LogP contribution in [-0.4, -0.2) is 44.6 Å². The quantitative estimate of drug-likeness (QED) is 0.327. The molecule has 0 aliphatic carbocycles. The lowest BCUT2D eigenvalue weighted by molar-refractivity contribution is -0.389. The highest BCUT2D eigenvalue weighted by Crippen LogP contribution is 2.25. The molecule has 0 spiro atoms. The van der Waals surface area contributed by atoms with Gasteiger partial charge in [0, 0.05) is 11.9 Å². The highest BCUT2D eigenvalue weighted by Gasteiger charge is 2.20. The standard InChI is InChI=1S/C9H11N3O6S/c13-3-5(11-9(15)16)4-19-6-1-2-10-8(14)7(6)12(17)18/h1-2,5,11,13H,3-4H2,(H,10,14)(H,15,16)/t5-/m1/s1. The van der Waals surface area contributed by atoms with Crippen LogP contribution in [0.15, 0.2) is 22.0 Å². The fourth-order valence-electron chi connectivity index (χ4n) is 1.25. The number of H-pyrrole nitrogens is 1. The highest BCUT2D eigenvalue weighted by molar-refractivity contribution is 7.99. The summed E-state index contributed by atoms with van der Waals surface area (Å²) in [6.07, 6.45) is -0.0453. The second-order valence-corrected chi connectivity index (χ2v) is 4.48. The number of aliphatic hydroxyl groups excluding tert-OH is 1. The Balaban J connectivity index is 2.83. The molecule has 19 heavy (non-hydrogen) atoms. The van der Waals surface area contributed by atoms with Gasteiger partial charge in [-0.05, 0) is 6.07 Å². The first-order chi connectivity index (χ1) is 8.95. The van der Waals surface area contributed by atoms with E-state index in [0.717, 1.165) is 11.8 Å². The van der Waals surface area contributed by atoms with Gasteiger partial charge in [0.1, 0.15) is 0 Å². The van der Waals surface area contributed by atoms with Crippen LogP contribution >= 0.6 is 11.8 Å². The van der Waals surface area contributed by atoms with Gasteiger partial charge in [-0.25, -0.2) is 4.79 Å². The van der Waals surface area contributed by atoms with Gasteiger partial charge in [0.15, 0.2) is 0 Å². The number of carbonyl (C=O) groups is 1. The Morgan fingerprint density at radius 2 is 2.32 bits per heavy atom. The van der Waals surface area contributed by atoms with E-state index < -0.39 is 34.9 Å². The first kappa shape index (κ1) is 15.0. The Kier molecular flexibility index (Phi) is 5.33. The maximum Gasteiger partial charge on any atom is 0.404 e. The number of nitrogens with one attached hydrogen (secondary N) is 2. The number of carboxylic acid groups (broad SMARTS) is 1. The first-order valence-electron chi connectivity index (χ1n) is 5.05. The second kappa shape index (κ2) is 6.75. The van der Waals surface area contributed by atoms with E-state index in [9.17, 15) is 19.7 Å². The molecule has 0 aliphatic heterocycles. The van der Waals surface area contributed by atoms with E-state index >= 15 is 0 Å². The molecule has 0 fully saturated rings. The molecule has 0 unspecified atom stereocenters. The van der Waals surface area contributed by atoms with Gasteiger partial charge in [-0.3, -0.25) is 14.9 Å². The number of hydrogen-bond donors (Lipinski definition) is 4. The van der Waals surface area contributed by atoms with Crippen molar-refractivity contribution >= 4 is 23.5 Å². The van der Waals surface area contributed by atoms with E-state index in [2.05, 4.69) is 10.3 Å². The van der Waals surface area contributed by atoms with Crippen LogP contribution in [-0.2, 0) is 0 Å². The second-order valence-electron chi connectivity index (χ2n) is 3.42. The fourth-order valence-corrected chi connectivity index (χ4v) is 2.28. The summed E-state index contributed by atoms with van der Waals surface area (Å²) in [4.78, 5) is 34.0. The van der Waals surface area contributed by atoms with Crippen molar-refractivity contribution in [3.05, 3.63) is 32.7 Å². The summed E-state index contributed by atoms with van der Waals surface area (Å²) >= 11 is 0.917. The number of aromatic amines is 1. The minimum absolute atomic E-state index is 0.0626. The van der Waals surface area contributed by atoms with Crippen LogP contribution in [0, 0.1) is 10.1 Å². The molecule has 1 rings (SSSR count). The maximum atomic E-state index is 11.3. The zero-order valence-electron chi connectivity index (χ0n) is 9.53. The Hall–Kier alpha value is -2.07. The van der Waals surface area contributed by atoms with Crippen molar-refractivity contribution in [1.82, 2.24) is 10.3 Å². The van der Waals surface area contributed by atoms with Gasteiger partial charge in [0.2, 0.25) is 0 Å². The SMILES string of the molecule is O=C(O)N[C@H](CO)CSc1cc[nH]c(=O)c1[N+](=O)[O-]. The van der Waals surface area contributed by atoms with Gasteiger partial charge in [-0.2, -0.15) is 0 Å². The smallest absolute Gasteiger partial charge is 0.404 e. The number of rotatable bonds is 6. The minimum atomic E-state index is -1.31. The Morgan fingerprint density at radius 3 is 2.84 bits per heavy atom. The zero-order chi connectivity index (χ0) is 14.4. The van der Waals surface area contributed by atoms with Crippen molar-refractivity contribution in [3.8, 4) is 0 Å². The molecule has 1 aromatic heterocycles. The molecule has 4 N–H and O–H groups in total. The molecule has 1 aromatic rings. The van der Waals surface area contributed by atoms with Crippen molar-refractivity contribution in [1.29, 1.82) is 0 Å². The molecular formula is C9H11N3O6S. The molecule has 0 aliphatic rings. The monoisotopic (exact) mass is 289 g/mol. The van der Waals surface area contributed by atoms with Crippen LogP contribution in [0.4, 0.5) is 10.5 Å². The number of hydrogen-bond acceptors (Lipinski definition) is 6. The number of thioether (sulfide) groups is 1. The van der Waals surface area contributed by atoms with E-state index in [-0.39, 0.29) is 10.6 Å². The van der Waals surface area contributed by atoms with Crippen LogP contribution in [0.2, 0.25) is 0 Å². The third-order valence-corrected chi connectivity index (χ3v) is 3.28. The number of nitro groups is 1. The summed E-state index contributed by atoms with van der Waals surface area (Å²) in [5.41, 5.74) is -1.43. The van der Waals surface area contributed by atoms with Crippen molar-refractivity contribution in [2.45, 2.75) is 10.9 Å². The molecule has 10 heteroatoms. The molecule has 1 atom stereocenters. The average Bonchev–Trinajstić information content (AvgIpc) is 2.33. The summed E-state index contributed by atoms with van der Waals surface area (Å²) in [6, 6.07) is 0.570. The van der Waals surface area contributed by atoms with Crippen LogP contribution in [0.25, 0.3) is 0 Å². The molecule has 0 radical (unpaired) electrons. The lowest BCUT2D eigenvalue weighted by Gasteiger charge is -2.13. The third kappa shape index (κ3) is 4.26. The van der Waals surface area contributed by atoms with Crippen LogP contribution < -0.4 is 10.9 Å². The Labute approximate surface area is 110 Å². The van der Waals surface area contributed by atoms with Crippen molar-refractivity contribution in [3.63, 3.8) is 0 Å². The predicted octanol–water partition coefficient (Wildman–Crippen LogP) is 0.00370. The highest BCUT2D eigenvalue weighted by atomic mass is 32.2. The van der Waals surface area contributed by atoms with E-state index in [1.165, 1.54) is 12.3 Å². The molecule has 1 amide bonds. The number of nitrogens with zero attached hydrogens (tertiary/aromatic N) is 1. The molecule has 0 aromatic carbocycles. The molecule has 0 saturated heterocycles. The summed E-state index contributed by atoms with van der Waals surface area (Å²) < 4.78 is 0. The van der Waals surface area contributed by atoms with Crippen LogP contribution in [0.3, 0.4) is 0 Å². The van der Waals surface area contributed by atoms with Gasteiger partial charge in [0.05, 0.1) is 22.5 Å². The van der Waals surface area contributed by atoms with Gasteiger partial charge in [0.25, 0.3) is 0 Å². The molecule has 9 nitrogen and oxygen atoms in total. The molecule has 0 saturated carbocycles. The minimum Gasteiger partial charge on any atom is -0.465 e. The largest absolute Gasteiger partial charge is 0.465 e. The zero-order valence-corrected chi connectivity index (χ0v) is 10.3.